The summed E-state index contributed by atoms with van der Waals surface area (Å²) in [5.74, 6) is -0.00625. The summed E-state index contributed by atoms with van der Waals surface area (Å²) in [7, 11) is 0. The molecular weight excluding hydrogens is 261 g/mol. The molecular formula is C15H14FNOS. The Hall–Kier alpha value is -1.94. The summed E-state index contributed by atoms with van der Waals surface area (Å²) >= 11 is 4.75. The molecule has 0 saturated heterocycles. The van der Waals surface area contributed by atoms with Gasteiger partial charge in [-0.25, -0.2) is 4.39 Å². The number of hydrogen-bond donors (Lipinski definition) is 1. The van der Waals surface area contributed by atoms with Crippen LogP contribution in [0.3, 0.4) is 0 Å². The van der Waals surface area contributed by atoms with Crippen LogP contribution in [0.25, 0.3) is 0 Å². The van der Waals surface area contributed by atoms with Gasteiger partial charge in [0.25, 0.3) is 0 Å². The molecule has 0 radical (unpaired) electrons. The molecule has 0 aliphatic rings. The Bertz CT molecular complexity index is 613. The zero-order chi connectivity index (χ0) is 13.8. The van der Waals surface area contributed by atoms with E-state index >= 15 is 0 Å². The number of aryl methyl sites for hydroxylation is 1. The lowest BCUT2D eigenvalue weighted by Gasteiger charge is -2.08. The van der Waals surface area contributed by atoms with Crippen molar-refractivity contribution in [2.45, 2.75) is 13.5 Å². The van der Waals surface area contributed by atoms with Crippen LogP contribution in [0, 0.1) is 12.7 Å². The Balaban J connectivity index is 2.08. The number of halogens is 1. The quantitative estimate of drug-likeness (QED) is 0.869. The molecule has 2 nitrogen and oxygen atoms in total. The topological polar surface area (TPSA) is 35.2 Å². The standard InChI is InChI=1S/C15H14FNOS/c1-10-3-2-4-11(7-10)9-18-12-5-6-13(15(17)19)14(16)8-12/h2-8H,9H2,1H3,(H2,17,19). The van der Waals surface area contributed by atoms with Crippen molar-refractivity contribution in [3.63, 3.8) is 0 Å². The highest BCUT2D eigenvalue weighted by molar-refractivity contribution is 7.80. The van der Waals surface area contributed by atoms with Crippen LogP contribution >= 0.6 is 12.2 Å². The number of hydrogen-bond acceptors (Lipinski definition) is 2. The Kier molecular flexibility index (Phi) is 4.12. The molecule has 2 aromatic rings. The average molecular weight is 275 g/mol. The fourth-order valence-corrected chi connectivity index (χ4v) is 1.92. The van der Waals surface area contributed by atoms with Crippen LogP contribution in [0.2, 0.25) is 0 Å². The lowest BCUT2D eigenvalue weighted by molar-refractivity contribution is 0.304. The molecule has 2 aromatic carbocycles. The van der Waals surface area contributed by atoms with Gasteiger partial charge >= 0.3 is 0 Å². The molecule has 0 amide bonds. The van der Waals surface area contributed by atoms with Gasteiger partial charge in [0.15, 0.2) is 0 Å². The summed E-state index contributed by atoms with van der Waals surface area (Å²) in [5, 5.41) is 0. The van der Waals surface area contributed by atoms with Gasteiger partial charge in [0.2, 0.25) is 0 Å². The minimum Gasteiger partial charge on any atom is -0.489 e. The highest BCUT2D eigenvalue weighted by Crippen LogP contribution is 2.18. The number of benzene rings is 2. The van der Waals surface area contributed by atoms with Crippen LogP contribution < -0.4 is 10.5 Å². The molecule has 2 N–H and O–H groups in total. The molecule has 2 rings (SSSR count). The van der Waals surface area contributed by atoms with E-state index in [-0.39, 0.29) is 10.6 Å². The van der Waals surface area contributed by atoms with Gasteiger partial charge in [-0.1, -0.05) is 42.0 Å². The Morgan fingerprint density at radius 3 is 2.68 bits per heavy atom. The average Bonchev–Trinajstić information content (AvgIpc) is 2.36. The molecule has 0 spiro atoms. The van der Waals surface area contributed by atoms with Crippen molar-refractivity contribution in [1.29, 1.82) is 0 Å². The van der Waals surface area contributed by atoms with Crippen molar-refractivity contribution in [3.8, 4) is 5.75 Å². The van der Waals surface area contributed by atoms with E-state index in [1.54, 1.807) is 6.07 Å². The maximum absolute atomic E-state index is 13.6. The maximum Gasteiger partial charge on any atom is 0.137 e. The van der Waals surface area contributed by atoms with Crippen LogP contribution in [-0.4, -0.2) is 4.99 Å². The van der Waals surface area contributed by atoms with Gasteiger partial charge in [-0.05, 0) is 24.6 Å². The van der Waals surface area contributed by atoms with Crippen LogP contribution in [-0.2, 0) is 6.61 Å². The fourth-order valence-electron chi connectivity index (χ4n) is 1.75. The fraction of sp³-hybridized carbons (Fsp3) is 0.133. The number of ether oxygens (including phenoxy) is 1. The monoisotopic (exact) mass is 275 g/mol. The van der Waals surface area contributed by atoms with E-state index in [0.29, 0.717) is 12.4 Å². The molecule has 0 aliphatic carbocycles. The predicted molar refractivity (Wildman–Crippen MR) is 77.8 cm³/mol. The molecule has 0 atom stereocenters. The summed E-state index contributed by atoms with van der Waals surface area (Å²) in [6.07, 6.45) is 0. The van der Waals surface area contributed by atoms with Crippen LogP contribution in [0.1, 0.15) is 16.7 Å². The van der Waals surface area contributed by atoms with Gasteiger partial charge in [0.05, 0.1) is 0 Å². The lowest BCUT2D eigenvalue weighted by Crippen LogP contribution is -2.11. The van der Waals surface area contributed by atoms with E-state index in [0.717, 1.165) is 11.1 Å². The van der Waals surface area contributed by atoms with E-state index in [9.17, 15) is 4.39 Å². The second-order valence-corrected chi connectivity index (χ2v) is 4.72. The Labute approximate surface area is 117 Å². The van der Waals surface area contributed by atoms with E-state index in [1.165, 1.54) is 12.1 Å². The number of rotatable bonds is 4. The normalized spacial score (nSPS) is 10.2. The third kappa shape index (κ3) is 3.51. The zero-order valence-electron chi connectivity index (χ0n) is 10.5. The zero-order valence-corrected chi connectivity index (χ0v) is 11.3. The van der Waals surface area contributed by atoms with Crippen molar-refractivity contribution >= 4 is 17.2 Å². The van der Waals surface area contributed by atoms with Gasteiger partial charge in [0, 0.05) is 11.6 Å². The van der Waals surface area contributed by atoms with Crippen molar-refractivity contribution in [2.24, 2.45) is 5.73 Å². The van der Waals surface area contributed by atoms with Gasteiger partial charge in [-0.15, -0.1) is 0 Å². The second-order valence-electron chi connectivity index (χ2n) is 4.28. The minimum atomic E-state index is -0.464. The Morgan fingerprint density at radius 2 is 2.05 bits per heavy atom. The molecule has 0 saturated carbocycles. The van der Waals surface area contributed by atoms with Crippen LogP contribution in [0.15, 0.2) is 42.5 Å². The summed E-state index contributed by atoms with van der Waals surface area (Å²) in [6.45, 7) is 2.41. The SMILES string of the molecule is Cc1cccc(COc2ccc(C(N)=S)c(F)c2)c1. The van der Waals surface area contributed by atoms with Gasteiger partial charge in [-0.3, -0.25) is 0 Å². The largest absolute Gasteiger partial charge is 0.489 e. The third-order valence-electron chi connectivity index (χ3n) is 2.69. The molecule has 4 heteroatoms. The second kappa shape index (κ2) is 5.80. The highest BCUT2D eigenvalue weighted by atomic mass is 32.1. The van der Waals surface area contributed by atoms with Crippen molar-refractivity contribution in [2.75, 3.05) is 0 Å². The molecule has 0 aromatic heterocycles. The molecule has 0 fully saturated rings. The molecule has 0 aliphatic heterocycles. The van der Waals surface area contributed by atoms with E-state index in [4.69, 9.17) is 22.7 Å². The molecule has 0 bridgehead atoms. The first kappa shape index (κ1) is 13.5. The molecule has 0 unspecified atom stereocenters. The number of nitrogens with two attached hydrogens (primary N) is 1. The first-order valence-corrected chi connectivity index (χ1v) is 6.25. The van der Waals surface area contributed by atoms with Crippen molar-refractivity contribution in [3.05, 3.63) is 65.0 Å². The summed E-state index contributed by atoms with van der Waals surface area (Å²) in [5.41, 5.74) is 7.83. The first-order chi connectivity index (χ1) is 9.06. The molecule has 19 heavy (non-hydrogen) atoms. The van der Waals surface area contributed by atoms with E-state index in [1.807, 2.05) is 31.2 Å². The third-order valence-corrected chi connectivity index (χ3v) is 2.91. The van der Waals surface area contributed by atoms with Gasteiger partial charge < -0.3 is 10.5 Å². The molecule has 0 heterocycles. The van der Waals surface area contributed by atoms with Crippen LogP contribution in [0.5, 0.6) is 5.75 Å². The highest BCUT2D eigenvalue weighted by Gasteiger charge is 2.06. The maximum atomic E-state index is 13.6. The summed E-state index contributed by atoms with van der Waals surface area (Å²) < 4.78 is 19.2. The predicted octanol–water partition coefficient (Wildman–Crippen LogP) is 3.35. The van der Waals surface area contributed by atoms with Crippen molar-refractivity contribution < 1.29 is 9.13 Å². The summed E-state index contributed by atoms with van der Waals surface area (Å²) in [4.78, 5) is 0.0442. The summed E-state index contributed by atoms with van der Waals surface area (Å²) in [6, 6.07) is 12.5. The van der Waals surface area contributed by atoms with Crippen LogP contribution in [0.4, 0.5) is 4.39 Å². The van der Waals surface area contributed by atoms with E-state index in [2.05, 4.69) is 0 Å². The first-order valence-electron chi connectivity index (χ1n) is 5.84. The van der Waals surface area contributed by atoms with E-state index < -0.39 is 5.82 Å². The number of thiocarbonyl (C=S) groups is 1. The van der Waals surface area contributed by atoms with Gasteiger partial charge in [0.1, 0.15) is 23.2 Å². The Morgan fingerprint density at radius 1 is 1.26 bits per heavy atom. The molecule has 98 valence electrons. The smallest absolute Gasteiger partial charge is 0.137 e. The minimum absolute atomic E-state index is 0.0442. The van der Waals surface area contributed by atoms with Crippen molar-refractivity contribution in [1.82, 2.24) is 0 Å². The van der Waals surface area contributed by atoms with Gasteiger partial charge in [-0.2, -0.15) is 0 Å². The lowest BCUT2D eigenvalue weighted by atomic mass is 10.1.